The van der Waals surface area contributed by atoms with Crippen molar-refractivity contribution >= 4 is 15.8 Å². The van der Waals surface area contributed by atoms with Gasteiger partial charge in [-0.25, -0.2) is 8.42 Å². The Morgan fingerprint density at radius 2 is 1.89 bits per heavy atom. The van der Waals surface area contributed by atoms with Crippen LogP contribution >= 0.6 is 0 Å². The first kappa shape index (κ1) is 15.4. The highest BCUT2D eigenvalue weighted by atomic mass is 32.2. The van der Waals surface area contributed by atoms with E-state index in [0.29, 0.717) is 26.1 Å². The van der Waals surface area contributed by atoms with E-state index in [9.17, 15) is 13.2 Å². The van der Waals surface area contributed by atoms with Crippen LogP contribution in [0.2, 0.25) is 0 Å². The van der Waals surface area contributed by atoms with Gasteiger partial charge >= 0.3 is 5.97 Å². The normalized spacial score (nSPS) is 21.9. The van der Waals surface area contributed by atoms with Crippen LogP contribution in [0.25, 0.3) is 0 Å². The number of hydrogen-bond acceptors (Lipinski definition) is 5. The summed E-state index contributed by atoms with van der Waals surface area (Å²) in [6, 6.07) is -0.448. The van der Waals surface area contributed by atoms with Gasteiger partial charge in [-0.2, -0.15) is 0 Å². The highest BCUT2D eigenvalue weighted by Crippen LogP contribution is 2.06. The van der Waals surface area contributed by atoms with Crippen LogP contribution in [0.4, 0.5) is 0 Å². The summed E-state index contributed by atoms with van der Waals surface area (Å²) in [5.41, 5.74) is 0. The minimum absolute atomic E-state index is 0.118. The maximum absolute atomic E-state index is 11.3. The Kier molecular flexibility index (Phi) is 5.55. The van der Waals surface area contributed by atoms with Crippen LogP contribution in [0.1, 0.15) is 20.3 Å². The third-order valence-corrected chi connectivity index (χ3v) is 4.61. The van der Waals surface area contributed by atoms with Gasteiger partial charge in [-0.05, 0) is 6.42 Å². The number of rotatable bonds is 6. The van der Waals surface area contributed by atoms with Crippen LogP contribution in [0.3, 0.4) is 0 Å². The molecular weight excluding hydrogens is 256 g/mol. The minimum atomic E-state index is -2.86. The molecule has 106 valence electrons. The molecule has 1 unspecified atom stereocenters. The van der Waals surface area contributed by atoms with Crippen molar-refractivity contribution in [2.75, 3.05) is 31.1 Å². The maximum Gasteiger partial charge on any atom is 0.320 e. The molecule has 0 amide bonds. The van der Waals surface area contributed by atoms with Crippen LogP contribution < -0.4 is 5.32 Å². The number of hydrogen-bond donors (Lipinski definition) is 2. The van der Waals surface area contributed by atoms with Gasteiger partial charge in [0.15, 0.2) is 9.84 Å². The molecular formula is C11H22N2O4S. The summed E-state index contributed by atoms with van der Waals surface area (Å²) < 4.78 is 22.5. The number of nitrogens with zero attached hydrogens (tertiary/aromatic N) is 1. The van der Waals surface area contributed by atoms with E-state index < -0.39 is 21.8 Å². The molecule has 7 heteroatoms. The fourth-order valence-electron chi connectivity index (χ4n) is 1.97. The molecule has 1 fully saturated rings. The lowest BCUT2D eigenvalue weighted by Crippen LogP contribution is -2.46. The lowest BCUT2D eigenvalue weighted by atomic mass is 10.1. The Morgan fingerprint density at radius 3 is 2.33 bits per heavy atom. The average Bonchev–Trinajstić information content (AvgIpc) is 2.25. The fourth-order valence-corrected chi connectivity index (χ4v) is 3.24. The zero-order chi connectivity index (χ0) is 13.8. The van der Waals surface area contributed by atoms with Gasteiger partial charge < -0.3 is 15.3 Å². The molecule has 1 saturated heterocycles. The summed E-state index contributed by atoms with van der Waals surface area (Å²) in [5.74, 6) is -0.488. The van der Waals surface area contributed by atoms with Gasteiger partial charge in [0.2, 0.25) is 0 Å². The highest BCUT2D eigenvalue weighted by Gasteiger charge is 2.24. The summed E-state index contributed by atoms with van der Waals surface area (Å²) in [7, 11) is -2.86. The van der Waals surface area contributed by atoms with E-state index in [1.807, 2.05) is 18.7 Å². The van der Waals surface area contributed by atoms with Crippen molar-refractivity contribution in [3.05, 3.63) is 0 Å². The number of carboxylic acids is 1. The molecule has 1 heterocycles. The Balaban J connectivity index is 2.37. The molecule has 0 aromatic rings. The molecule has 6 nitrogen and oxygen atoms in total. The van der Waals surface area contributed by atoms with Gasteiger partial charge in [-0.3, -0.25) is 4.79 Å². The molecule has 0 saturated carbocycles. The first-order valence-corrected chi connectivity index (χ1v) is 8.04. The fraction of sp³-hybridized carbons (Fsp3) is 0.909. The first-order valence-electron chi connectivity index (χ1n) is 6.22. The van der Waals surface area contributed by atoms with E-state index in [-0.39, 0.29) is 17.5 Å². The summed E-state index contributed by atoms with van der Waals surface area (Å²) in [6.45, 7) is 5.45. The molecule has 0 radical (unpaired) electrons. The van der Waals surface area contributed by atoms with E-state index >= 15 is 0 Å². The lowest BCUT2D eigenvalue weighted by Gasteiger charge is -2.28. The predicted molar refractivity (Wildman–Crippen MR) is 69.4 cm³/mol. The zero-order valence-corrected chi connectivity index (χ0v) is 11.7. The lowest BCUT2D eigenvalue weighted by molar-refractivity contribution is -0.140. The SMILES string of the molecule is CC(C)NC(CCN1CCS(=O)(=O)CC1)C(=O)O. The second-order valence-electron chi connectivity index (χ2n) is 4.99. The second-order valence-corrected chi connectivity index (χ2v) is 7.30. The summed E-state index contributed by atoms with van der Waals surface area (Å²) >= 11 is 0. The zero-order valence-electron chi connectivity index (χ0n) is 10.9. The highest BCUT2D eigenvalue weighted by molar-refractivity contribution is 7.91. The molecule has 0 aromatic carbocycles. The van der Waals surface area contributed by atoms with Crippen molar-refractivity contribution in [3.63, 3.8) is 0 Å². The Bertz CT molecular complexity index is 367. The predicted octanol–water partition coefficient (Wildman–Crippen LogP) is -0.442. The van der Waals surface area contributed by atoms with E-state index in [2.05, 4.69) is 5.32 Å². The topological polar surface area (TPSA) is 86.7 Å². The summed E-state index contributed by atoms with van der Waals surface area (Å²) in [5, 5.41) is 12.0. The van der Waals surface area contributed by atoms with Crippen molar-refractivity contribution in [1.82, 2.24) is 10.2 Å². The molecule has 0 spiro atoms. The van der Waals surface area contributed by atoms with Crippen molar-refractivity contribution in [2.24, 2.45) is 0 Å². The third kappa shape index (κ3) is 5.32. The molecule has 1 aliphatic rings. The molecule has 1 aliphatic heterocycles. The molecule has 1 rings (SSSR count). The van der Waals surface area contributed by atoms with E-state index in [1.165, 1.54) is 0 Å². The van der Waals surface area contributed by atoms with E-state index in [1.54, 1.807) is 0 Å². The third-order valence-electron chi connectivity index (χ3n) is 3.00. The van der Waals surface area contributed by atoms with Gasteiger partial charge in [0.1, 0.15) is 6.04 Å². The largest absolute Gasteiger partial charge is 0.480 e. The smallest absolute Gasteiger partial charge is 0.320 e. The Morgan fingerprint density at radius 1 is 1.33 bits per heavy atom. The Labute approximate surface area is 108 Å². The standard InChI is InChI=1S/C11H22N2O4S/c1-9(2)12-10(11(14)15)3-4-13-5-7-18(16,17)8-6-13/h9-10,12H,3-8H2,1-2H3,(H,14,15). The van der Waals surface area contributed by atoms with Crippen molar-refractivity contribution in [3.8, 4) is 0 Å². The van der Waals surface area contributed by atoms with Gasteiger partial charge in [0, 0.05) is 25.7 Å². The van der Waals surface area contributed by atoms with Gasteiger partial charge in [0.05, 0.1) is 11.5 Å². The first-order chi connectivity index (χ1) is 8.30. The minimum Gasteiger partial charge on any atom is -0.480 e. The summed E-state index contributed by atoms with van der Waals surface area (Å²) in [6.07, 6.45) is 0.494. The van der Waals surface area contributed by atoms with Crippen molar-refractivity contribution < 1.29 is 18.3 Å². The van der Waals surface area contributed by atoms with E-state index in [4.69, 9.17) is 5.11 Å². The number of sulfone groups is 1. The van der Waals surface area contributed by atoms with Crippen LogP contribution in [0, 0.1) is 0 Å². The number of nitrogens with one attached hydrogen (secondary N) is 1. The molecule has 0 aliphatic carbocycles. The van der Waals surface area contributed by atoms with Crippen LogP contribution in [-0.4, -0.2) is 67.6 Å². The maximum atomic E-state index is 11.3. The quantitative estimate of drug-likeness (QED) is 0.685. The van der Waals surface area contributed by atoms with Crippen molar-refractivity contribution in [2.45, 2.75) is 32.4 Å². The van der Waals surface area contributed by atoms with Gasteiger partial charge in [0.25, 0.3) is 0 Å². The van der Waals surface area contributed by atoms with Crippen LogP contribution in [0.5, 0.6) is 0 Å². The average molecular weight is 278 g/mol. The molecule has 0 bridgehead atoms. The molecule has 18 heavy (non-hydrogen) atoms. The van der Waals surface area contributed by atoms with Gasteiger partial charge in [-0.1, -0.05) is 13.8 Å². The molecule has 1 atom stereocenters. The molecule has 2 N–H and O–H groups in total. The van der Waals surface area contributed by atoms with Gasteiger partial charge in [-0.15, -0.1) is 0 Å². The summed E-state index contributed by atoms with van der Waals surface area (Å²) in [4.78, 5) is 13.0. The van der Waals surface area contributed by atoms with Crippen LogP contribution in [-0.2, 0) is 14.6 Å². The second kappa shape index (κ2) is 6.49. The molecule has 0 aromatic heterocycles. The monoisotopic (exact) mass is 278 g/mol. The number of carbonyl (C=O) groups is 1. The van der Waals surface area contributed by atoms with Crippen molar-refractivity contribution in [1.29, 1.82) is 0 Å². The van der Waals surface area contributed by atoms with Crippen LogP contribution in [0.15, 0.2) is 0 Å². The number of carboxylic acid groups (broad SMARTS) is 1. The Hall–Kier alpha value is -0.660. The van der Waals surface area contributed by atoms with E-state index in [0.717, 1.165) is 0 Å². The number of aliphatic carboxylic acids is 1.